The van der Waals surface area contributed by atoms with Crippen LogP contribution in [0.4, 0.5) is 15.8 Å². The van der Waals surface area contributed by atoms with Gasteiger partial charge in [-0.05, 0) is 94.5 Å². The van der Waals surface area contributed by atoms with Crippen LogP contribution >= 0.6 is 23.2 Å². The van der Waals surface area contributed by atoms with Gasteiger partial charge in [-0.15, -0.1) is 0 Å². The molecule has 0 aliphatic rings. The highest BCUT2D eigenvalue weighted by atomic mass is 35.5. The molecule has 224 valence electrons. The van der Waals surface area contributed by atoms with Gasteiger partial charge in [0.2, 0.25) is 5.91 Å². The van der Waals surface area contributed by atoms with Gasteiger partial charge in [-0.25, -0.2) is 4.39 Å². The Labute approximate surface area is 271 Å². The highest BCUT2D eigenvalue weighted by molar-refractivity contribution is 6.30. The maximum atomic E-state index is 13.4. The second-order valence-electron chi connectivity index (χ2n) is 9.97. The van der Waals surface area contributed by atoms with E-state index in [4.69, 9.17) is 23.2 Å². The molecule has 9 heteroatoms. The summed E-state index contributed by atoms with van der Waals surface area (Å²) in [5.41, 5.74) is 7.54. The zero-order valence-corrected chi connectivity index (χ0v) is 25.5. The molecule has 0 fully saturated rings. The number of nitrogens with one attached hydrogen (secondary N) is 2. The van der Waals surface area contributed by atoms with E-state index < -0.39 is 5.82 Å². The van der Waals surface area contributed by atoms with Gasteiger partial charge in [0.1, 0.15) is 5.82 Å². The summed E-state index contributed by atoms with van der Waals surface area (Å²) in [5.74, 6) is -0.493. The SMILES string of the molecule is Fc1cc(CNc2cccc(-c3ccncc3)c2)ccc1Cl.O=C(Cc1ccc(Cl)cc1)Nc1cncc(-c2ccncc2)c1. The number of halogens is 3. The summed E-state index contributed by atoms with van der Waals surface area (Å²) in [6.07, 6.45) is 10.7. The van der Waals surface area contributed by atoms with Crippen molar-refractivity contribution >= 4 is 40.5 Å². The van der Waals surface area contributed by atoms with Crippen LogP contribution in [0.25, 0.3) is 22.3 Å². The lowest BCUT2D eigenvalue weighted by Gasteiger charge is -2.09. The molecule has 3 heterocycles. The minimum absolute atomic E-state index is 0.0963. The predicted molar refractivity (Wildman–Crippen MR) is 180 cm³/mol. The van der Waals surface area contributed by atoms with Crippen molar-refractivity contribution in [3.05, 3.63) is 161 Å². The van der Waals surface area contributed by atoms with E-state index in [-0.39, 0.29) is 17.4 Å². The topological polar surface area (TPSA) is 79.8 Å². The summed E-state index contributed by atoms with van der Waals surface area (Å²) in [4.78, 5) is 24.3. The van der Waals surface area contributed by atoms with Gasteiger partial charge in [-0.3, -0.25) is 19.7 Å². The average molecular weight is 637 g/mol. The van der Waals surface area contributed by atoms with Gasteiger partial charge in [-0.1, -0.05) is 53.5 Å². The van der Waals surface area contributed by atoms with Crippen LogP contribution in [0, 0.1) is 5.82 Å². The maximum Gasteiger partial charge on any atom is 0.228 e. The standard InChI is InChI=1S/C18H14ClFN2.C18H14ClN3O/c19-17-5-4-13(10-18(17)20)12-22-16-3-1-2-15(11-16)14-6-8-21-9-7-14;19-16-3-1-13(2-4-16)9-18(23)22-17-10-15(11-21-12-17)14-5-7-20-8-6-14/h1-11,22H,12H2;1-8,10-12H,9H2,(H,22,23). The minimum atomic E-state index is -0.397. The first-order chi connectivity index (χ1) is 21.9. The number of carbonyl (C=O) groups excluding carboxylic acids is 1. The summed E-state index contributed by atoms with van der Waals surface area (Å²) < 4.78 is 13.4. The molecule has 6 rings (SSSR count). The third kappa shape index (κ3) is 9.44. The van der Waals surface area contributed by atoms with Crippen LogP contribution < -0.4 is 10.6 Å². The van der Waals surface area contributed by atoms with Crippen LogP contribution in [0.2, 0.25) is 10.0 Å². The molecule has 0 saturated heterocycles. The predicted octanol–water partition coefficient (Wildman–Crippen LogP) is 9.13. The number of aromatic nitrogens is 3. The van der Waals surface area contributed by atoms with Crippen LogP contribution in [0.15, 0.2) is 134 Å². The molecule has 0 unspecified atom stereocenters. The van der Waals surface area contributed by atoms with Gasteiger partial charge < -0.3 is 10.6 Å². The number of hydrogen-bond acceptors (Lipinski definition) is 5. The third-order valence-electron chi connectivity index (χ3n) is 6.67. The molecule has 1 amide bonds. The van der Waals surface area contributed by atoms with E-state index in [9.17, 15) is 9.18 Å². The Balaban J connectivity index is 0.000000178. The molecule has 3 aromatic carbocycles. The van der Waals surface area contributed by atoms with Gasteiger partial charge in [0.05, 0.1) is 23.3 Å². The Hall–Kier alpha value is -5.11. The number of carbonyl (C=O) groups is 1. The highest BCUT2D eigenvalue weighted by Gasteiger charge is 2.07. The second kappa shape index (κ2) is 15.6. The Morgan fingerprint density at radius 1 is 0.644 bits per heavy atom. The monoisotopic (exact) mass is 635 g/mol. The van der Waals surface area contributed by atoms with Crippen LogP contribution in [0.5, 0.6) is 0 Å². The van der Waals surface area contributed by atoms with Crippen molar-refractivity contribution in [2.24, 2.45) is 0 Å². The molecular weight excluding hydrogens is 608 g/mol. The van der Waals surface area contributed by atoms with Crippen LogP contribution in [-0.2, 0) is 17.8 Å². The van der Waals surface area contributed by atoms with Gasteiger partial charge in [0.25, 0.3) is 0 Å². The van der Waals surface area contributed by atoms with Gasteiger partial charge in [-0.2, -0.15) is 0 Å². The van der Waals surface area contributed by atoms with E-state index in [1.54, 1.807) is 55.4 Å². The lowest BCUT2D eigenvalue weighted by atomic mass is 10.1. The number of hydrogen-bond donors (Lipinski definition) is 2. The first-order valence-electron chi connectivity index (χ1n) is 14.0. The molecule has 45 heavy (non-hydrogen) atoms. The van der Waals surface area contributed by atoms with E-state index >= 15 is 0 Å². The van der Waals surface area contributed by atoms with Crippen LogP contribution in [0.3, 0.4) is 0 Å². The quantitative estimate of drug-likeness (QED) is 0.174. The summed E-state index contributed by atoms with van der Waals surface area (Å²) in [5, 5.41) is 6.96. The molecular formula is C36H28Cl2FN5O. The number of nitrogens with zero attached hydrogens (tertiary/aromatic N) is 3. The fourth-order valence-electron chi connectivity index (χ4n) is 4.41. The lowest BCUT2D eigenvalue weighted by Crippen LogP contribution is -2.14. The van der Waals surface area contributed by atoms with Crippen molar-refractivity contribution in [2.75, 3.05) is 10.6 Å². The number of rotatable bonds is 8. The van der Waals surface area contributed by atoms with E-state index in [2.05, 4.69) is 31.7 Å². The maximum absolute atomic E-state index is 13.4. The van der Waals surface area contributed by atoms with Crippen molar-refractivity contribution in [3.63, 3.8) is 0 Å². The molecule has 0 atom stereocenters. The molecule has 2 N–H and O–H groups in total. The number of anilines is 2. The summed E-state index contributed by atoms with van der Waals surface area (Å²) >= 11 is 11.5. The molecule has 0 spiro atoms. The molecule has 0 aliphatic heterocycles. The van der Waals surface area contributed by atoms with Crippen LogP contribution in [0.1, 0.15) is 11.1 Å². The summed E-state index contributed by atoms with van der Waals surface area (Å²) in [7, 11) is 0. The smallest absolute Gasteiger partial charge is 0.228 e. The van der Waals surface area contributed by atoms with Gasteiger partial charge in [0, 0.05) is 53.8 Å². The van der Waals surface area contributed by atoms with Crippen molar-refractivity contribution in [3.8, 4) is 22.3 Å². The summed E-state index contributed by atoms with van der Waals surface area (Å²) in [6, 6.07) is 29.7. The van der Waals surface area contributed by atoms with Gasteiger partial charge in [0.15, 0.2) is 0 Å². The van der Waals surface area contributed by atoms with Crippen molar-refractivity contribution in [1.82, 2.24) is 15.0 Å². The minimum Gasteiger partial charge on any atom is -0.381 e. The van der Waals surface area contributed by atoms with Crippen molar-refractivity contribution in [2.45, 2.75) is 13.0 Å². The average Bonchev–Trinajstić information content (AvgIpc) is 3.08. The molecule has 3 aromatic heterocycles. The number of amides is 1. The lowest BCUT2D eigenvalue weighted by molar-refractivity contribution is -0.115. The Morgan fingerprint density at radius 3 is 1.98 bits per heavy atom. The van der Waals surface area contributed by atoms with E-state index in [0.29, 0.717) is 17.3 Å². The van der Waals surface area contributed by atoms with E-state index in [1.807, 2.05) is 66.7 Å². The summed E-state index contributed by atoms with van der Waals surface area (Å²) in [6.45, 7) is 0.536. The third-order valence-corrected chi connectivity index (χ3v) is 7.23. The number of benzene rings is 3. The first kappa shape index (κ1) is 31.3. The molecule has 0 saturated carbocycles. The van der Waals surface area contributed by atoms with Crippen LogP contribution in [-0.4, -0.2) is 20.9 Å². The molecule has 0 bridgehead atoms. The molecule has 6 aromatic rings. The van der Waals surface area contributed by atoms with E-state index in [0.717, 1.165) is 39.1 Å². The molecule has 0 radical (unpaired) electrons. The second-order valence-corrected chi connectivity index (χ2v) is 10.8. The Morgan fingerprint density at radius 2 is 1.29 bits per heavy atom. The fraction of sp³-hybridized carbons (Fsp3) is 0.0556. The zero-order chi connectivity index (χ0) is 31.4. The fourth-order valence-corrected chi connectivity index (χ4v) is 4.65. The Kier molecular flexibility index (Phi) is 10.8. The van der Waals surface area contributed by atoms with E-state index in [1.165, 1.54) is 6.07 Å². The largest absolute Gasteiger partial charge is 0.381 e. The van der Waals surface area contributed by atoms with Crippen molar-refractivity contribution < 1.29 is 9.18 Å². The normalized spacial score (nSPS) is 10.4. The highest BCUT2D eigenvalue weighted by Crippen LogP contribution is 2.23. The van der Waals surface area contributed by atoms with Gasteiger partial charge >= 0.3 is 0 Å². The van der Waals surface area contributed by atoms with Crippen molar-refractivity contribution in [1.29, 1.82) is 0 Å². The first-order valence-corrected chi connectivity index (χ1v) is 14.8. The number of pyridine rings is 3. The molecule has 0 aliphatic carbocycles. The molecule has 6 nitrogen and oxygen atoms in total. The Bertz CT molecular complexity index is 1860. The zero-order valence-electron chi connectivity index (χ0n) is 24.0.